The van der Waals surface area contributed by atoms with Gasteiger partial charge in [-0.3, -0.25) is 9.59 Å². The summed E-state index contributed by atoms with van der Waals surface area (Å²) in [7, 11) is 0. The minimum absolute atomic E-state index is 0.135. The highest BCUT2D eigenvalue weighted by atomic mass is 35.5. The van der Waals surface area contributed by atoms with Gasteiger partial charge < -0.3 is 10.2 Å². The van der Waals surface area contributed by atoms with Crippen LogP contribution in [-0.4, -0.2) is 35.1 Å². The van der Waals surface area contributed by atoms with Crippen LogP contribution in [0.5, 0.6) is 0 Å². The van der Waals surface area contributed by atoms with E-state index in [4.69, 9.17) is 11.6 Å². The number of halogens is 2. The number of hydrogen-bond donors (Lipinski definition) is 1. The fourth-order valence-corrected chi connectivity index (χ4v) is 4.45. The fourth-order valence-electron chi connectivity index (χ4n) is 3.20. The molecule has 0 aliphatic heterocycles. The molecule has 0 saturated heterocycles. The molecule has 0 aromatic heterocycles. The van der Waals surface area contributed by atoms with Gasteiger partial charge in [0.05, 0.1) is 5.75 Å². The van der Waals surface area contributed by atoms with Crippen molar-refractivity contribution in [3.8, 4) is 0 Å². The van der Waals surface area contributed by atoms with E-state index in [0.717, 1.165) is 18.4 Å². The van der Waals surface area contributed by atoms with E-state index in [9.17, 15) is 14.0 Å². The average Bonchev–Trinajstić information content (AvgIpc) is 2.76. The monoisotopic (exact) mass is 464 g/mol. The van der Waals surface area contributed by atoms with E-state index in [1.165, 1.54) is 17.8 Å². The van der Waals surface area contributed by atoms with E-state index >= 15 is 0 Å². The molecule has 0 spiro atoms. The number of carbonyl (C=O) groups is 2. The fraction of sp³-hybridized carbons (Fsp3) is 0.417. The highest BCUT2D eigenvalue weighted by molar-refractivity contribution is 7.99. The number of unbranched alkanes of at least 4 members (excludes halogenated alkanes) is 1. The van der Waals surface area contributed by atoms with Crippen LogP contribution in [0.3, 0.4) is 0 Å². The highest BCUT2D eigenvalue weighted by Crippen LogP contribution is 2.24. The molecule has 1 unspecified atom stereocenters. The van der Waals surface area contributed by atoms with Gasteiger partial charge in [0.2, 0.25) is 11.8 Å². The Kier molecular flexibility index (Phi) is 10.9. The van der Waals surface area contributed by atoms with Crippen molar-refractivity contribution < 1.29 is 14.0 Å². The van der Waals surface area contributed by atoms with Gasteiger partial charge in [-0.2, -0.15) is 0 Å². The molecule has 2 rings (SSSR count). The van der Waals surface area contributed by atoms with Crippen LogP contribution in [0.4, 0.5) is 4.39 Å². The molecular formula is C24H30ClFN2O2S. The lowest BCUT2D eigenvalue weighted by Gasteiger charge is -2.30. The zero-order chi connectivity index (χ0) is 22.6. The number of rotatable bonds is 12. The molecule has 2 amide bonds. The van der Waals surface area contributed by atoms with Gasteiger partial charge in [-0.1, -0.05) is 68.3 Å². The molecule has 0 saturated carbocycles. The molecule has 0 aliphatic rings. The van der Waals surface area contributed by atoms with Crippen LogP contribution in [-0.2, 0) is 21.9 Å². The Bertz CT molecular complexity index is 830. The number of nitrogens with zero attached hydrogens (tertiary/aromatic N) is 1. The Hall–Kier alpha value is -2.05. The predicted molar refractivity (Wildman–Crippen MR) is 127 cm³/mol. The van der Waals surface area contributed by atoms with Crippen LogP contribution >= 0.6 is 23.4 Å². The van der Waals surface area contributed by atoms with Gasteiger partial charge in [-0.05, 0) is 30.5 Å². The van der Waals surface area contributed by atoms with E-state index in [-0.39, 0.29) is 29.1 Å². The molecule has 0 radical (unpaired) electrons. The third-order valence-electron chi connectivity index (χ3n) is 4.94. The second-order valence-corrected chi connectivity index (χ2v) is 8.66. The summed E-state index contributed by atoms with van der Waals surface area (Å²) in [6.07, 6.45) is 2.40. The van der Waals surface area contributed by atoms with Crippen molar-refractivity contribution in [1.29, 1.82) is 0 Å². The van der Waals surface area contributed by atoms with Crippen molar-refractivity contribution in [2.45, 2.75) is 51.4 Å². The molecule has 7 heteroatoms. The van der Waals surface area contributed by atoms with Gasteiger partial charge in [0.15, 0.2) is 0 Å². The molecule has 1 atom stereocenters. The Balaban J connectivity index is 2.10. The van der Waals surface area contributed by atoms with E-state index in [2.05, 4.69) is 12.2 Å². The maximum Gasteiger partial charge on any atom is 0.242 e. The van der Waals surface area contributed by atoms with Crippen molar-refractivity contribution >= 4 is 35.2 Å². The summed E-state index contributed by atoms with van der Waals surface area (Å²) >= 11 is 7.38. The minimum atomic E-state index is -0.554. The summed E-state index contributed by atoms with van der Waals surface area (Å²) < 4.78 is 14.0. The third kappa shape index (κ3) is 7.86. The van der Waals surface area contributed by atoms with Crippen LogP contribution in [0.25, 0.3) is 0 Å². The number of hydrogen-bond acceptors (Lipinski definition) is 3. The lowest BCUT2D eigenvalue weighted by Crippen LogP contribution is -2.49. The number of nitrogens with one attached hydrogen (secondary N) is 1. The molecule has 1 N–H and O–H groups in total. The first kappa shape index (κ1) is 25.2. The smallest absolute Gasteiger partial charge is 0.242 e. The van der Waals surface area contributed by atoms with E-state index in [1.807, 2.05) is 37.3 Å². The summed E-state index contributed by atoms with van der Waals surface area (Å²) in [6.45, 7) is 4.91. The summed E-state index contributed by atoms with van der Waals surface area (Å²) in [5, 5.41) is 3.30. The zero-order valence-corrected chi connectivity index (χ0v) is 19.6. The van der Waals surface area contributed by atoms with E-state index < -0.39 is 6.04 Å². The second kappa shape index (κ2) is 13.4. The SMILES string of the molecule is CCCCNC(=O)C(CC)N(Cc1ccccc1)C(=O)CSCc1c(F)cccc1Cl. The van der Waals surface area contributed by atoms with E-state index in [0.29, 0.717) is 30.1 Å². The lowest BCUT2D eigenvalue weighted by molar-refractivity contribution is -0.139. The van der Waals surface area contributed by atoms with Crippen LogP contribution in [0, 0.1) is 5.82 Å². The van der Waals surface area contributed by atoms with Crippen LogP contribution in [0.2, 0.25) is 5.02 Å². The first-order valence-corrected chi connectivity index (χ1v) is 12.1. The number of benzene rings is 2. The molecule has 4 nitrogen and oxygen atoms in total. The van der Waals surface area contributed by atoms with Crippen molar-refractivity contribution in [2.75, 3.05) is 12.3 Å². The van der Waals surface area contributed by atoms with Crippen molar-refractivity contribution in [3.05, 3.63) is 70.5 Å². The normalized spacial score (nSPS) is 11.7. The molecule has 168 valence electrons. The number of carbonyl (C=O) groups excluding carboxylic acids is 2. The third-order valence-corrected chi connectivity index (χ3v) is 6.24. The van der Waals surface area contributed by atoms with Gasteiger partial charge in [0.1, 0.15) is 11.9 Å². The Morgan fingerprint density at radius 3 is 2.52 bits per heavy atom. The molecular weight excluding hydrogens is 435 g/mol. The van der Waals surface area contributed by atoms with Gasteiger partial charge >= 0.3 is 0 Å². The van der Waals surface area contributed by atoms with Gasteiger partial charge in [-0.25, -0.2) is 4.39 Å². The molecule has 2 aromatic carbocycles. The summed E-state index contributed by atoms with van der Waals surface area (Å²) in [6, 6.07) is 13.6. The van der Waals surface area contributed by atoms with Crippen LogP contribution in [0.1, 0.15) is 44.2 Å². The van der Waals surface area contributed by atoms with Crippen molar-refractivity contribution in [3.63, 3.8) is 0 Å². The number of thioether (sulfide) groups is 1. The summed E-state index contributed by atoms with van der Waals surface area (Å²) in [4.78, 5) is 27.6. The molecule has 0 aliphatic carbocycles. The average molecular weight is 465 g/mol. The maximum atomic E-state index is 14.0. The van der Waals surface area contributed by atoms with Crippen molar-refractivity contribution in [2.24, 2.45) is 0 Å². The predicted octanol–water partition coefficient (Wildman–Crippen LogP) is 5.44. The molecule has 0 fully saturated rings. The van der Waals surface area contributed by atoms with Gasteiger partial charge in [-0.15, -0.1) is 11.8 Å². The lowest BCUT2D eigenvalue weighted by atomic mass is 10.1. The maximum absolute atomic E-state index is 14.0. The van der Waals surface area contributed by atoms with Crippen molar-refractivity contribution in [1.82, 2.24) is 10.2 Å². The van der Waals surface area contributed by atoms with Crippen LogP contribution in [0.15, 0.2) is 48.5 Å². The second-order valence-electron chi connectivity index (χ2n) is 7.27. The standard InChI is InChI=1S/C24H30ClFN2O2S/c1-3-5-14-27-24(30)22(4-2)28(15-18-10-7-6-8-11-18)23(29)17-31-16-19-20(25)12-9-13-21(19)26/h6-13,22H,3-5,14-17H2,1-2H3,(H,27,30). The quantitative estimate of drug-likeness (QED) is 0.426. The first-order valence-electron chi connectivity index (χ1n) is 10.6. The minimum Gasteiger partial charge on any atom is -0.354 e. The molecule has 31 heavy (non-hydrogen) atoms. The molecule has 0 bridgehead atoms. The summed E-state index contributed by atoms with van der Waals surface area (Å²) in [5.74, 6) is -0.247. The Morgan fingerprint density at radius 1 is 1.13 bits per heavy atom. The zero-order valence-electron chi connectivity index (χ0n) is 18.1. The van der Waals surface area contributed by atoms with Gasteiger partial charge in [0.25, 0.3) is 0 Å². The van der Waals surface area contributed by atoms with E-state index in [1.54, 1.807) is 17.0 Å². The van der Waals surface area contributed by atoms with Crippen LogP contribution < -0.4 is 5.32 Å². The molecule has 2 aromatic rings. The molecule has 0 heterocycles. The Morgan fingerprint density at radius 2 is 1.87 bits per heavy atom. The Labute approximate surface area is 193 Å². The first-order chi connectivity index (χ1) is 15.0. The number of amides is 2. The van der Waals surface area contributed by atoms with Gasteiger partial charge in [0, 0.05) is 29.4 Å². The topological polar surface area (TPSA) is 49.4 Å². The largest absolute Gasteiger partial charge is 0.354 e. The highest BCUT2D eigenvalue weighted by Gasteiger charge is 2.28. The summed E-state index contributed by atoms with van der Waals surface area (Å²) in [5.41, 5.74) is 1.35.